The van der Waals surface area contributed by atoms with Gasteiger partial charge in [0.05, 0.1) is 25.3 Å². The number of hydrogen-bond acceptors (Lipinski definition) is 5. The number of hydrogen-bond donors (Lipinski definition) is 0. The van der Waals surface area contributed by atoms with Gasteiger partial charge in [0.25, 0.3) is 0 Å². The summed E-state index contributed by atoms with van der Waals surface area (Å²) in [5.41, 5.74) is 0. The smallest absolute Gasteiger partial charge is 0.212 e. The monoisotopic (exact) mass is 206 g/mol. The van der Waals surface area contributed by atoms with Crippen LogP contribution in [0.1, 0.15) is 20.8 Å². The maximum atomic E-state index is 10.5. The van der Waals surface area contributed by atoms with Crippen molar-refractivity contribution >= 4 is 17.2 Å². The van der Waals surface area contributed by atoms with Crippen LogP contribution in [0.15, 0.2) is 0 Å². The van der Waals surface area contributed by atoms with Gasteiger partial charge in [0.15, 0.2) is 5.79 Å². The Morgan fingerprint density at radius 2 is 2.38 bits per heavy atom. The van der Waals surface area contributed by atoms with Crippen molar-refractivity contribution in [1.82, 2.24) is 0 Å². The number of rotatable bonds is 3. The SMILES string of the molecule is CC(=O)SOC[C@@H]1COC(C)(C)O1. The molecule has 0 aromatic heterocycles. The fourth-order valence-corrected chi connectivity index (χ4v) is 1.42. The maximum Gasteiger partial charge on any atom is 0.212 e. The molecular formula is C8H14O4S. The van der Waals surface area contributed by atoms with Crippen LogP contribution in [0, 0.1) is 0 Å². The van der Waals surface area contributed by atoms with Gasteiger partial charge in [-0.15, -0.1) is 0 Å². The normalized spacial score (nSPS) is 26.2. The fourth-order valence-electron chi connectivity index (χ4n) is 1.04. The van der Waals surface area contributed by atoms with Crippen LogP contribution in [0.5, 0.6) is 0 Å². The minimum atomic E-state index is -0.519. The van der Waals surface area contributed by atoms with Crippen LogP contribution in [0.4, 0.5) is 0 Å². The molecule has 0 spiro atoms. The quantitative estimate of drug-likeness (QED) is 0.652. The summed E-state index contributed by atoms with van der Waals surface area (Å²) in [5, 5.41) is -0.0572. The number of carbonyl (C=O) groups is 1. The van der Waals surface area contributed by atoms with Gasteiger partial charge >= 0.3 is 0 Å². The number of carbonyl (C=O) groups excluding carboxylic acids is 1. The largest absolute Gasteiger partial charge is 0.348 e. The first-order valence-electron chi connectivity index (χ1n) is 4.11. The van der Waals surface area contributed by atoms with Crippen molar-refractivity contribution in [2.24, 2.45) is 0 Å². The predicted molar refractivity (Wildman–Crippen MR) is 49.1 cm³/mol. The first-order valence-corrected chi connectivity index (χ1v) is 4.85. The average molecular weight is 206 g/mol. The molecule has 0 bridgehead atoms. The lowest BCUT2D eigenvalue weighted by Crippen LogP contribution is -2.23. The van der Waals surface area contributed by atoms with E-state index in [1.54, 1.807) is 0 Å². The Morgan fingerprint density at radius 3 is 2.85 bits per heavy atom. The second-order valence-electron chi connectivity index (χ2n) is 3.31. The van der Waals surface area contributed by atoms with E-state index in [0.29, 0.717) is 13.2 Å². The summed E-state index contributed by atoms with van der Waals surface area (Å²) in [6.45, 7) is 6.07. The van der Waals surface area contributed by atoms with E-state index in [1.165, 1.54) is 6.92 Å². The summed E-state index contributed by atoms with van der Waals surface area (Å²) in [4.78, 5) is 10.5. The standard InChI is InChI=1S/C8H14O4S/c1-6(9)13-11-5-7-4-10-8(2,3)12-7/h7H,4-5H2,1-3H3/t7-/m0/s1. The highest BCUT2D eigenvalue weighted by atomic mass is 32.2. The molecule has 1 aliphatic heterocycles. The summed E-state index contributed by atoms with van der Waals surface area (Å²) in [6, 6.07) is 0. The molecule has 0 aromatic carbocycles. The molecule has 1 fully saturated rings. The molecular weight excluding hydrogens is 192 g/mol. The number of ether oxygens (including phenoxy) is 2. The van der Waals surface area contributed by atoms with Crippen LogP contribution in [0.25, 0.3) is 0 Å². The van der Waals surface area contributed by atoms with Gasteiger partial charge in [0.1, 0.15) is 6.10 Å². The molecule has 4 nitrogen and oxygen atoms in total. The van der Waals surface area contributed by atoms with Crippen LogP contribution < -0.4 is 0 Å². The second-order valence-corrected chi connectivity index (χ2v) is 4.29. The van der Waals surface area contributed by atoms with E-state index in [9.17, 15) is 4.79 Å². The zero-order valence-electron chi connectivity index (χ0n) is 8.03. The summed E-state index contributed by atoms with van der Waals surface area (Å²) < 4.78 is 15.8. The Morgan fingerprint density at radius 1 is 1.69 bits per heavy atom. The van der Waals surface area contributed by atoms with E-state index < -0.39 is 5.79 Å². The minimum Gasteiger partial charge on any atom is -0.348 e. The molecule has 0 N–H and O–H groups in total. The van der Waals surface area contributed by atoms with Crippen LogP contribution in [-0.4, -0.2) is 30.2 Å². The summed E-state index contributed by atoms with van der Waals surface area (Å²) in [7, 11) is 0. The molecule has 5 heteroatoms. The molecule has 1 atom stereocenters. The molecule has 0 radical (unpaired) electrons. The maximum absolute atomic E-state index is 10.5. The van der Waals surface area contributed by atoms with Gasteiger partial charge in [0.2, 0.25) is 5.12 Å². The van der Waals surface area contributed by atoms with Crippen LogP contribution in [-0.2, 0) is 18.5 Å². The third-order valence-electron chi connectivity index (χ3n) is 1.50. The molecule has 0 aromatic rings. The Hall–Kier alpha value is -0.100. The van der Waals surface area contributed by atoms with Crippen LogP contribution in [0.3, 0.4) is 0 Å². The van der Waals surface area contributed by atoms with E-state index in [-0.39, 0.29) is 11.2 Å². The first kappa shape index (κ1) is 11.0. The van der Waals surface area contributed by atoms with Crippen molar-refractivity contribution in [2.75, 3.05) is 13.2 Å². The van der Waals surface area contributed by atoms with Gasteiger partial charge in [-0.05, 0) is 13.8 Å². The van der Waals surface area contributed by atoms with E-state index in [1.807, 2.05) is 13.8 Å². The van der Waals surface area contributed by atoms with Gasteiger partial charge in [0, 0.05) is 6.92 Å². The zero-order valence-corrected chi connectivity index (χ0v) is 8.85. The average Bonchev–Trinajstić information content (AvgIpc) is 2.29. The highest BCUT2D eigenvalue weighted by molar-refractivity contribution is 8.09. The summed E-state index contributed by atoms with van der Waals surface area (Å²) >= 11 is 0.844. The van der Waals surface area contributed by atoms with Gasteiger partial charge in [-0.2, -0.15) is 0 Å². The molecule has 1 heterocycles. The lowest BCUT2D eigenvalue weighted by molar-refractivity contribution is -0.141. The van der Waals surface area contributed by atoms with E-state index in [2.05, 4.69) is 0 Å². The van der Waals surface area contributed by atoms with Crippen molar-refractivity contribution in [1.29, 1.82) is 0 Å². The van der Waals surface area contributed by atoms with E-state index in [4.69, 9.17) is 13.7 Å². The third-order valence-corrected chi connectivity index (χ3v) is 1.99. The van der Waals surface area contributed by atoms with Crippen molar-refractivity contribution in [3.05, 3.63) is 0 Å². The molecule has 0 amide bonds. The van der Waals surface area contributed by atoms with Gasteiger partial charge in [-0.3, -0.25) is 4.79 Å². The van der Waals surface area contributed by atoms with Crippen LogP contribution in [0.2, 0.25) is 0 Å². The van der Waals surface area contributed by atoms with Gasteiger partial charge < -0.3 is 13.7 Å². The highest BCUT2D eigenvalue weighted by Gasteiger charge is 2.32. The molecule has 1 saturated heterocycles. The van der Waals surface area contributed by atoms with E-state index >= 15 is 0 Å². The lowest BCUT2D eigenvalue weighted by Gasteiger charge is -2.16. The van der Waals surface area contributed by atoms with E-state index in [0.717, 1.165) is 12.0 Å². The highest BCUT2D eigenvalue weighted by Crippen LogP contribution is 2.23. The van der Waals surface area contributed by atoms with Gasteiger partial charge in [-0.25, -0.2) is 0 Å². The van der Waals surface area contributed by atoms with Crippen molar-refractivity contribution in [2.45, 2.75) is 32.7 Å². The second kappa shape index (κ2) is 4.41. The minimum absolute atomic E-state index is 0.0572. The molecule has 76 valence electrons. The summed E-state index contributed by atoms with van der Waals surface area (Å²) in [5.74, 6) is -0.519. The third kappa shape index (κ3) is 4.08. The summed E-state index contributed by atoms with van der Waals surface area (Å²) in [6.07, 6.45) is -0.0677. The molecule has 1 rings (SSSR count). The molecule has 1 aliphatic rings. The Bertz CT molecular complexity index is 193. The Kier molecular flexibility index (Phi) is 3.73. The predicted octanol–water partition coefficient (Wildman–Crippen LogP) is 1.35. The topological polar surface area (TPSA) is 44.8 Å². The molecule has 0 unspecified atom stereocenters. The Labute approximate surface area is 82.1 Å². The molecule has 0 saturated carbocycles. The van der Waals surface area contributed by atoms with Crippen LogP contribution >= 0.6 is 12.0 Å². The van der Waals surface area contributed by atoms with Crippen molar-refractivity contribution in [3.63, 3.8) is 0 Å². The molecule has 13 heavy (non-hydrogen) atoms. The van der Waals surface area contributed by atoms with Crippen molar-refractivity contribution < 1.29 is 18.5 Å². The Balaban J connectivity index is 2.14. The lowest BCUT2D eigenvalue weighted by atomic mass is 10.4. The van der Waals surface area contributed by atoms with Crippen molar-refractivity contribution in [3.8, 4) is 0 Å². The first-order chi connectivity index (χ1) is 5.99. The molecule has 0 aliphatic carbocycles. The fraction of sp³-hybridized carbons (Fsp3) is 0.875. The zero-order chi connectivity index (χ0) is 9.90. The van der Waals surface area contributed by atoms with Gasteiger partial charge in [-0.1, -0.05) is 0 Å².